The van der Waals surface area contributed by atoms with Gasteiger partial charge in [0.15, 0.2) is 0 Å². The molecule has 0 aromatic heterocycles. The van der Waals surface area contributed by atoms with Gasteiger partial charge in [0.05, 0.1) is 0 Å². The van der Waals surface area contributed by atoms with Gasteiger partial charge in [0.2, 0.25) is 0 Å². The van der Waals surface area contributed by atoms with E-state index in [9.17, 15) is 0 Å². The fourth-order valence-corrected chi connectivity index (χ4v) is 2.57. The molecule has 0 atom stereocenters. The van der Waals surface area contributed by atoms with Gasteiger partial charge in [0.25, 0.3) is 0 Å². The van der Waals surface area contributed by atoms with E-state index in [0.29, 0.717) is 0 Å². The van der Waals surface area contributed by atoms with Crippen LogP contribution in [0.2, 0.25) is 0 Å². The molecule has 14 heavy (non-hydrogen) atoms. The van der Waals surface area contributed by atoms with Gasteiger partial charge in [-0.15, -0.1) is 6.58 Å². The molecule has 0 saturated heterocycles. The van der Waals surface area contributed by atoms with Gasteiger partial charge in [0, 0.05) is 10.4 Å². The Kier molecular flexibility index (Phi) is 2.78. The Morgan fingerprint density at radius 3 is 2.79 bits per heavy atom. The lowest BCUT2D eigenvalue weighted by Gasteiger charge is -2.11. The maximum atomic E-state index is 3.81. The molecule has 0 unspecified atom stereocenters. The maximum absolute atomic E-state index is 3.81. The van der Waals surface area contributed by atoms with E-state index in [4.69, 9.17) is 0 Å². The molecule has 0 spiro atoms. The molecule has 1 heteroatoms. The summed E-state index contributed by atoms with van der Waals surface area (Å²) in [4.78, 5) is 0. The van der Waals surface area contributed by atoms with Crippen LogP contribution in [0, 0.1) is 5.92 Å². The Hall–Kier alpha value is -0.560. The van der Waals surface area contributed by atoms with E-state index >= 15 is 0 Å². The molecule has 0 nitrogen and oxygen atoms in total. The third-order valence-corrected chi connectivity index (χ3v) is 3.66. The van der Waals surface area contributed by atoms with Crippen LogP contribution in [0.5, 0.6) is 0 Å². The highest BCUT2D eigenvalue weighted by Gasteiger charge is 2.26. The van der Waals surface area contributed by atoms with E-state index < -0.39 is 0 Å². The van der Waals surface area contributed by atoms with Crippen molar-refractivity contribution in [2.45, 2.75) is 25.7 Å². The summed E-state index contributed by atoms with van der Waals surface area (Å²) in [6, 6.07) is 6.51. The van der Waals surface area contributed by atoms with Crippen LogP contribution in [0.1, 0.15) is 36.8 Å². The van der Waals surface area contributed by atoms with E-state index in [-0.39, 0.29) is 0 Å². The molecule has 1 saturated carbocycles. The minimum atomic E-state index is 0.793. The molecule has 0 amide bonds. The van der Waals surface area contributed by atoms with Crippen molar-refractivity contribution in [3.05, 3.63) is 52.4 Å². The lowest BCUT2D eigenvalue weighted by molar-refractivity contribution is 1.09. The third kappa shape index (κ3) is 1.78. The summed E-state index contributed by atoms with van der Waals surface area (Å²) >= 11 is 3.69. The van der Waals surface area contributed by atoms with Crippen molar-refractivity contribution in [1.29, 1.82) is 0 Å². The van der Waals surface area contributed by atoms with Crippen LogP contribution in [-0.4, -0.2) is 0 Å². The fourth-order valence-electron chi connectivity index (χ4n) is 1.67. The summed E-state index contributed by atoms with van der Waals surface area (Å²) in [5.41, 5.74) is 2.74. The first-order valence-electron chi connectivity index (χ1n) is 4.99. The third-order valence-electron chi connectivity index (χ3n) is 2.78. The Labute approximate surface area is 94.2 Å². The minimum Gasteiger partial charge on any atom is -0.102 e. The predicted molar refractivity (Wildman–Crippen MR) is 64.3 cm³/mol. The molecule has 0 bridgehead atoms. The van der Waals surface area contributed by atoms with Crippen LogP contribution < -0.4 is 0 Å². The zero-order valence-corrected chi connectivity index (χ0v) is 9.97. The zero-order chi connectivity index (χ0) is 10.1. The van der Waals surface area contributed by atoms with E-state index in [0.717, 1.165) is 5.92 Å². The van der Waals surface area contributed by atoms with Gasteiger partial charge in [-0.25, -0.2) is 0 Å². The molecule has 1 aliphatic rings. The summed E-state index contributed by atoms with van der Waals surface area (Å²) in [7, 11) is 0. The topological polar surface area (TPSA) is 0 Å². The van der Waals surface area contributed by atoms with Crippen molar-refractivity contribution in [1.82, 2.24) is 0 Å². The highest BCUT2D eigenvalue weighted by molar-refractivity contribution is 9.10. The summed E-state index contributed by atoms with van der Waals surface area (Å²) in [5.74, 6) is 2.03. The smallest absolute Gasteiger partial charge is 0.0251 e. The average Bonchev–Trinajstić information content (AvgIpc) is 3.01. The Morgan fingerprint density at radius 2 is 2.21 bits per heavy atom. The van der Waals surface area contributed by atoms with E-state index in [1.807, 2.05) is 6.08 Å². The molecule has 1 aromatic carbocycles. The highest BCUT2D eigenvalue weighted by Crippen LogP contribution is 2.44. The van der Waals surface area contributed by atoms with Gasteiger partial charge in [-0.3, -0.25) is 0 Å². The fraction of sp³-hybridized carbons (Fsp3) is 0.308. The number of rotatable bonds is 3. The first-order chi connectivity index (χ1) is 6.74. The van der Waals surface area contributed by atoms with Gasteiger partial charge in [-0.05, 0) is 29.9 Å². The molecule has 0 N–H and O–H groups in total. The molecule has 73 valence electrons. The number of benzene rings is 1. The quantitative estimate of drug-likeness (QED) is 0.743. The van der Waals surface area contributed by atoms with Crippen molar-refractivity contribution in [3.8, 4) is 0 Å². The van der Waals surface area contributed by atoms with Crippen LogP contribution in [0.4, 0.5) is 0 Å². The molecule has 1 aromatic rings. The molecular formula is C13H14Br. The number of allylic oxidation sites excluding steroid dienone is 1. The Morgan fingerprint density at radius 1 is 1.50 bits per heavy atom. The first kappa shape index (κ1) is 9.97. The minimum absolute atomic E-state index is 0.793. The van der Waals surface area contributed by atoms with E-state index in [2.05, 4.69) is 47.6 Å². The van der Waals surface area contributed by atoms with Crippen LogP contribution in [0.15, 0.2) is 35.3 Å². The summed E-state index contributed by atoms with van der Waals surface area (Å²) in [5, 5.41) is 0. The monoisotopic (exact) mass is 249 g/mol. The maximum Gasteiger partial charge on any atom is 0.0251 e. The molecule has 0 aliphatic heterocycles. The van der Waals surface area contributed by atoms with Gasteiger partial charge in [-0.2, -0.15) is 0 Å². The predicted octanol–water partition coefficient (Wildman–Crippen LogP) is 4.45. The van der Waals surface area contributed by atoms with E-state index in [1.54, 1.807) is 0 Å². The molecule has 1 fully saturated rings. The average molecular weight is 250 g/mol. The van der Waals surface area contributed by atoms with Gasteiger partial charge in [-0.1, -0.05) is 47.1 Å². The van der Waals surface area contributed by atoms with Crippen molar-refractivity contribution >= 4 is 15.9 Å². The normalized spacial score (nSPS) is 15.9. The summed E-state index contributed by atoms with van der Waals surface area (Å²) in [6.45, 7) is 5.91. The summed E-state index contributed by atoms with van der Waals surface area (Å²) in [6.07, 6.45) is 4.60. The number of hydrogen-bond donors (Lipinski definition) is 0. The first-order valence-corrected chi connectivity index (χ1v) is 5.78. The van der Waals surface area contributed by atoms with Crippen LogP contribution in [0.3, 0.4) is 0 Å². The SMILES string of the molecule is C=C[C](C)c1cccc(C2CC2)c1Br. The van der Waals surface area contributed by atoms with Crippen molar-refractivity contribution in [2.75, 3.05) is 0 Å². The van der Waals surface area contributed by atoms with Gasteiger partial charge >= 0.3 is 0 Å². The van der Waals surface area contributed by atoms with E-state index in [1.165, 1.54) is 34.4 Å². The molecular weight excluding hydrogens is 236 g/mol. The zero-order valence-electron chi connectivity index (χ0n) is 8.39. The molecule has 2 rings (SSSR count). The van der Waals surface area contributed by atoms with Crippen molar-refractivity contribution in [3.63, 3.8) is 0 Å². The van der Waals surface area contributed by atoms with Crippen LogP contribution >= 0.6 is 15.9 Å². The molecule has 0 heterocycles. The van der Waals surface area contributed by atoms with Crippen LogP contribution in [0.25, 0.3) is 0 Å². The van der Waals surface area contributed by atoms with Crippen LogP contribution in [-0.2, 0) is 0 Å². The Bertz CT molecular complexity index is 350. The lowest BCUT2D eigenvalue weighted by atomic mass is 9.98. The molecule has 1 aliphatic carbocycles. The van der Waals surface area contributed by atoms with Gasteiger partial charge < -0.3 is 0 Å². The largest absolute Gasteiger partial charge is 0.102 e. The number of halogens is 1. The van der Waals surface area contributed by atoms with Crippen molar-refractivity contribution in [2.24, 2.45) is 0 Å². The second-order valence-corrected chi connectivity index (χ2v) is 4.66. The standard InChI is InChI=1S/C13H14Br/c1-3-9(2)11-5-4-6-12(13(11)14)10-7-8-10/h3-6,10H,1,7-8H2,2H3. The van der Waals surface area contributed by atoms with Gasteiger partial charge in [0.1, 0.15) is 0 Å². The number of hydrogen-bond acceptors (Lipinski definition) is 0. The second-order valence-electron chi connectivity index (χ2n) is 3.87. The second kappa shape index (κ2) is 3.90. The Balaban J connectivity index is 2.40. The molecule has 1 radical (unpaired) electrons. The lowest BCUT2D eigenvalue weighted by Crippen LogP contribution is -1.94. The highest BCUT2D eigenvalue weighted by atomic mass is 79.9. The summed E-state index contributed by atoms with van der Waals surface area (Å²) < 4.78 is 1.26. The van der Waals surface area contributed by atoms with Crippen molar-refractivity contribution < 1.29 is 0 Å².